The molecule has 1 rings (SSSR count). The van der Waals surface area contributed by atoms with Crippen molar-refractivity contribution < 1.29 is 13.2 Å². The lowest BCUT2D eigenvalue weighted by Gasteiger charge is -2.28. The lowest BCUT2D eigenvalue weighted by atomic mass is 10.0. The van der Waals surface area contributed by atoms with Gasteiger partial charge in [-0.3, -0.25) is 4.79 Å². The molecule has 0 aromatic heterocycles. The van der Waals surface area contributed by atoms with Crippen molar-refractivity contribution in [2.24, 2.45) is 11.7 Å². The van der Waals surface area contributed by atoms with E-state index in [-0.39, 0.29) is 17.9 Å². The first kappa shape index (κ1) is 14.4. The molecule has 1 heterocycles. The number of sulfone groups is 1. The highest BCUT2D eigenvalue weighted by Crippen LogP contribution is 2.25. The normalized spacial score (nSPS) is 23.8. The standard InChI is InChI=1S/C11H22N2O3S/c1-8(12)9-5-6-13(7-9)10(14)11(2,3)17(4,15)16/h8-9H,5-7,12H2,1-4H3. The van der Waals surface area contributed by atoms with E-state index >= 15 is 0 Å². The number of nitrogens with two attached hydrogens (primary N) is 1. The molecule has 6 heteroatoms. The minimum absolute atomic E-state index is 0.0362. The van der Waals surface area contributed by atoms with E-state index in [1.807, 2.05) is 6.92 Å². The number of carbonyl (C=O) groups excluding carboxylic acids is 1. The zero-order chi connectivity index (χ0) is 13.4. The summed E-state index contributed by atoms with van der Waals surface area (Å²) in [5, 5.41) is 0. The van der Waals surface area contributed by atoms with E-state index in [9.17, 15) is 13.2 Å². The SMILES string of the molecule is CC(N)C1CCN(C(=O)C(C)(C)S(C)(=O)=O)C1. The van der Waals surface area contributed by atoms with E-state index in [2.05, 4.69) is 0 Å². The molecule has 1 aliphatic rings. The van der Waals surface area contributed by atoms with Crippen molar-refractivity contribution in [1.29, 1.82) is 0 Å². The molecule has 1 saturated heterocycles. The zero-order valence-corrected chi connectivity index (χ0v) is 11.8. The Morgan fingerprint density at radius 1 is 1.47 bits per heavy atom. The van der Waals surface area contributed by atoms with Crippen molar-refractivity contribution in [1.82, 2.24) is 4.90 Å². The van der Waals surface area contributed by atoms with Gasteiger partial charge in [-0.25, -0.2) is 8.42 Å². The Balaban J connectivity index is 2.80. The van der Waals surface area contributed by atoms with E-state index in [0.29, 0.717) is 13.1 Å². The monoisotopic (exact) mass is 262 g/mol. The summed E-state index contributed by atoms with van der Waals surface area (Å²) in [6.45, 7) is 6.01. The van der Waals surface area contributed by atoms with Crippen LogP contribution in [0.3, 0.4) is 0 Å². The van der Waals surface area contributed by atoms with Gasteiger partial charge in [-0.05, 0) is 33.1 Å². The van der Waals surface area contributed by atoms with Gasteiger partial charge in [0.05, 0.1) is 0 Å². The van der Waals surface area contributed by atoms with Crippen molar-refractivity contribution in [3.05, 3.63) is 0 Å². The molecule has 0 spiro atoms. The first-order valence-electron chi connectivity index (χ1n) is 5.82. The van der Waals surface area contributed by atoms with Crippen LogP contribution in [-0.4, -0.2) is 49.4 Å². The van der Waals surface area contributed by atoms with Crippen LogP contribution in [0.15, 0.2) is 0 Å². The summed E-state index contributed by atoms with van der Waals surface area (Å²) < 4.78 is 21.8. The molecule has 1 aliphatic heterocycles. The molecule has 0 aromatic carbocycles. The molecule has 0 radical (unpaired) electrons. The summed E-state index contributed by atoms with van der Waals surface area (Å²) in [6, 6.07) is 0.0362. The Morgan fingerprint density at radius 3 is 2.35 bits per heavy atom. The number of carbonyl (C=O) groups is 1. The maximum absolute atomic E-state index is 12.2. The molecule has 0 saturated carbocycles. The molecular formula is C11H22N2O3S. The minimum Gasteiger partial charge on any atom is -0.341 e. The maximum Gasteiger partial charge on any atom is 0.243 e. The van der Waals surface area contributed by atoms with Crippen molar-refractivity contribution in [3.8, 4) is 0 Å². The van der Waals surface area contributed by atoms with Gasteiger partial charge in [-0.2, -0.15) is 0 Å². The summed E-state index contributed by atoms with van der Waals surface area (Å²) in [7, 11) is -3.40. The van der Waals surface area contributed by atoms with Gasteiger partial charge in [-0.1, -0.05) is 0 Å². The van der Waals surface area contributed by atoms with E-state index < -0.39 is 14.6 Å². The molecule has 2 unspecified atom stereocenters. The van der Waals surface area contributed by atoms with E-state index in [1.165, 1.54) is 13.8 Å². The highest BCUT2D eigenvalue weighted by atomic mass is 32.2. The van der Waals surface area contributed by atoms with Crippen LogP contribution >= 0.6 is 0 Å². The van der Waals surface area contributed by atoms with Crippen LogP contribution in [0, 0.1) is 5.92 Å². The van der Waals surface area contributed by atoms with E-state index in [4.69, 9.17) is 5.73 Å². The number of likely N-dealkylation sites (tertiary alicyclic amines) is 1. The second kappa shape index (κ2) is 4.57. The number of nitrogens with zero attached hydrogens (tertiary/aromatic N) is 1. The van der Waals surface area contributed by atoms with Gasteiger partial charge in [0.2, 0.25) is 5.91 Å². The Labute approximate surface area is 103 Å². The van der Waals surface area contributed by atoms with Crippen LogP contribution < -0.4 is 5.73 Å². The zero-order valence-electron chi connectivity index (χ0n) is 10.9. The average molecular weight is 262 g/mol. The number of rotatable bonds is 3. The second-order valence-corrected chi connectivity index (χ2v) is 8.01. The Morgan fingerprint density at radius 2 is 2.00 bits per heavy atom. The maximum atomic E-state index is 12.2. The lowest BCUT2D eigenvalue weighted by Crippen LogP contribution is -2.49. The van der Waals surface area contributed by atoms with Crippen LogP contribution in [0.1, 0.15) is 27.2 Å². The third kappa shape index (κ3) is 2.80. The fraction of sp³-hybridized carbons (Fsp3) is 0.909. The Hall–Kier alpha value is -0.620. The lowest BCUT2D eigenvalue weighted by molar-refractivity contribution is -0.132. The summed E-state index contributed by atoms with van der Waals surface area (Å²) in [5.41, 5.74) is 5.80. The topological polar surface area (TPSA) is 80.5 Å². The molecule has 5 nitrogen and oxygen atoms in total. The molecule has 1 fully saturated rings. The molecule has 0 bridgehead atoms. The summed E-state index contributed by atoms with van der Waals surface area (Å²) in [5.74, 6) is -0.0440. The smallest absolute Gasteiger partial charge is 0.243 e. The van der Waals surface area contributed by atoms with Gasteiger partial charge in [0, 0.05) is 25.4 Å². The summed E-state index contributed by atoms with van der Waals surface area (Å²) in [4.78, 5) is 13.8. The predicted molar refractivity (Wildman–Crippen MR) is 67.3 cm³/mol. The van der Waals surface area contributed by atoms with E-state index in [1.54, 1.807) is 4.90 Å². The largest absolute Gasteiger partial charge is 0.341 e. The Bertz CT molecular complexity index is 401. The molecule has 2 N–H and O–H groups in total. The average Bonchev–Trinajstić information content (AvgIpc) is 2.63. The van der Waals surface area contributed by atoms with Crippen molar-refractivity contribution >= 4 is 15.7 Å². The third-order valence-electron chi connectivity index (χ3n) is 3.70. The van der Waals surface area contributed by atoms with Crippen LogP contribution in [0.25, 0.3) is 0 Å². The van der Waals surface area contributed by atoms with Crippen LogP contribution in [0.2, 0.25) is 0 Å². The van der Waals surface area contributed by atoms with Gasteiger partial charge in [0.15, 0.2) is 9.84 Å². The van der Waals surface area contributed by atoms with Crippen molar-refractivity contribution in [3.63, 3.8) is 0 Å². The fourth-order valence-corrected chi connectivity index (χ4v) is 2.39. The van der Waals surface area contributed by atoms with Gasteiger partial charge in [0.1, 0.15) is 4.75 Å². The van der Waals surface area contributed by atoms with Gasteiger partial charge < -0.3 is 10.6 Å². The molecule has 0 aliphatic carbocycles. The first-order valence-corrected chi connectivity index (χ1v) is 7.71. The predicted octanol–water partition coefficient (Wildman–Crippen LogP) is 0.00530. The molecule has 0 aromatic rings. The molecule has 2 atom stereocenters. The van der Waals surface area contributed by atoms with Crippen molar-refractivity contribution in [2.45, 2.75) is 38.0 Å². The van der Waals surface area contributed by atoms with Crippen LogP contribution in [0.5, 0.6) is 0 Å². The molecule has 1 amide bonds. The van der Waals surface area contributed by atoms with Gasteiger partial charge in [-0.15, -0.1) is 0 Å². The number of hydrogen-bond acceptors (Lipinski definition) is 4. The van der Waals surface area contributed by atoms with Crippen molar-refractivity contribution in [2.75, 3.05) is 19.3 Å². The van der Waals surface area contributed by atoms with Gasteiger partial charge in [0.25, 0.3) is 0 Å². The molecule has 100 valence electrons. The second-order valence-electron chi connectivity index (χ2n) is 5.44. The van der Waals surface area contributed by atoms with Gasteiger partial charge >= 0.3 is 0 Å². The number of hydrogen-bond donors (Lipinski definition) is 1. The molecular weight excluding hydrogens is 240 g/mol. The quantitative estimate of drug-likeness (QED) is 0.776. The summed E-state index contributed by atoms with van der Waals surface area (Å²) >= 11 is 0. The first-order chi connectivity index (χ1) is 7.57. The fourth-order valence-electron chi connectivity index (χ4n) is 1.94. The van der Waals surface area contributed by atoms with E-state index in [0.717, 1.165) is 12.7 Å². The Kier molecular flexibility index (Phi) is 3.88. The minimum atomic E-state index is -3.40. The summed E-state index contributed by atoms with van der Waals surface area (Å²) in [6.07, 6.45) is 1.95. The third-order valence-corrected chi connectivity index (χ3v) is 5.73. The van der Waals surface area contributed by atoms with Crippen LogP contribution in [0.4, 0.5) is 0 Å². The molecule has 17 heavy (non-hydrogen) atoms. The highest BCUT2D eigenvalue weighted by molar-refractivity contribution is 7.92. The number of amides is 1. The van der Waals surface area contributed by atoms with Crippen LogP contribution in [-0.2, 0) is 14.6 Å². The highest BCUT2D eigenvalue weighted by Gasteiger charge is 2.43.